The molecule has 0 aromatic heterocycles. The molecule has 0 aliphatic heterocycles. The molecule has 3 aliphatic carbocycles. The molecule has 0 N–H and O–H groups in total. The minimum atomic E-state index is -2.71. The summed E-state index contributed by atoms with van der Waals surface area (Å²) >= 11 is 0. The van der Waals surface area contributed by atoms with Gasteiger partial charge in [0.2, 0.25) is 0 Å². The van der Waals surface area contributed by atoms with Crippen LogP contribution in [0.25, 0.3) is 57.7 Å². The van der Waals surface area contributed by atoms with E-state index in [4.69, 9.17) is 0 Å². The van der Waals surface area contributed by atoms with Crippen molar-refractivity contribution in [2.75, 3.05) is 9.80 Å². The highest BCUT2D eigenvalue weighted by Crippen LogP contribution is 2.54. The Balaban J connectivity index is 0.562. The quantitative estimate of drug-likeness (QED) is 0.0480. The second-order valence-corrected chi connectivity index (χ2v) is 40.0. The highest BCUT2D eigenvalue weighted by Gasteiger charge is 2.45. The van der Waals surface area contributed by atoms with Crippen molar-refractivity contribution in [3.63, 3.8) is 0 Å². The van der Waals surface area contributed by atoms with E-state index in [9.17, 15) is 0 Å². The molecule has 0 unspecified atom stereocenters. The average molecular weight is 1480 g/mol. The summed E-state index contributed by atoms with van der Waals surface area (Å²) < 4.78 is 0. The summed E-state index contributed by atoms with van der Waals surface area (Å²) in [6.07, 6.45) is 9.23. The van der Waals surface area contributed by atoms with Crippen molar-refractivity contribution in [2.24, 2.45) is 0 Å². The number of hydrogen-bond acceptors (Lipinski definition) is 2. The predicted molar refractivity (Wildman–Crippen MR) is 486 cm³/mol. The van der Waals surface area contributed by atoms with Crippen molar-refractivity contribution in [1.82, 2.24) is 0 Å². The van der Waals surface area contributed by atoms with Crippen molar-refractivity contribution in [3.8, 4) is 33.4 Å². The number of benzene rings is 16. The third-order valence-electron chi connectivity index (χ3n) is 24.9. The van der Waals surface area contributed by atoms with Crippen LogP contribution in [0.2, 0.25) is 0 Å². The SMILES string of the molecule is CC1(C)c2cc(/C=C/c3ccc4c(c3)C(C)(C)c3cc(N(c5ccccc5)c5ccc([Si](c6ccccc6)(c6ccccc6)c6ccccc6)cc5)ccc3-4)ccc2-c2ccc(/C=C/c3ccc4c(c3)C(C)(C)c3cc(N(c5ccccc5)c5ccc([Si](c6ccccc6)(c6ccccc6)c6ccccc6)cc5)ccc3-4)cc21. The van der Waals surface area contributed by atoms with Crippen LogP contribution in [-0.2, 0) is 16.2 Å². The molecule has 0 saturated carbocycles. The van der Waals surface area contributed by atoms with Crippen LogP contribution < -0.4 is 51.3 Å². The molecule has 2 nitrogen and oxygen atoms in total. The molecule has 0 radical (unpaired) electrons. The lowest BCUT2D eigenvalue weighted by Crippen LogP contribution is -2.74. The van der Waals surface area contributed by atoms with Crippen LogP contribution in [0.5, 0.6) is 0 Å². The molecule has 0 fully saturated rings. The molecule has 16 aromatic carbocycles. The second kappa shape index (κ2) is 28.4. The standard InChI is InChI=1S/C109H88N2Si2/c1-107(2)101-71-77(47-49-79-53-67-97-99-69-59-85(75-105(99)108(3,4)103(97)73-79)110(81-31-15-7-16-32-81)83-55-61-93(62-56-83)112(87-35-19-9-20-36-87,88-37-21-10-22-38-88)89-39-23-11-24-40-89)51-65-95(101)96-66-52-78(72-102(96)107)48-50-80-54-68-98-100-70-60-86(76-106(100)109(5,6)104(98)74-80)111(82-33-17-8-18-34-82)84-57-63-94(64-58-84)113(90-41-25-12-26-42-90,91-43-27-13-28-44-91)92-45-29-14-30-46-92/h7-76H,1-6H3/b49-47+,50-48+. The van der Waals surface area contributed by atoms with Gasteiger partial charge in [-0.1, -0.05) is 393 Å². The molecule has 0 heterocycles. The first-order chi connectivity index (χ1) is 55.3. The zero-order chi connectivity index (χ0) is 76.5. The van der Waals surface area contributed by atoms with Crippen LogP contribution in [-0.4, -0.2) is 16.1 Å². The molecule has 0 saturated heterocycles. The molecule has 113 heavy (non-hydrogen) atoms. The third kappa shape index (κ3) is 12.0. The van der Waals surface area contributed by atoms with Gasteiger partial charge in [-0.15, -0.1) is 0 Å². The Morgan fingerprint density at radius 1 is 0.177 bits per heavy atom. The monoisotopic (exact) mass is 1480 g/mol. The van der Waals surface area contributed by atoms with Gasteiger partial charge in [0.1, 0.15) is 0 Å². The van der Waals surface area contributed by atoms with Crippen molar-refractivity contribution in [1.29, 1.82) is 0 Å². The molecule has 0 spiro atoms. The van der Waals surface area contributed by atoms with Gasteiger partial charge >= 0.3 is 0 Å². The van der Waals surface area contributed by atoms with Gasteiger partial charge in [0.15, 0.2) is 16.1 Å². The van der Waals surface area contributed by atoms with E-state index in [0.717, 1.165) is 34.1 Å². The Hall–Kier alpha value is -13.0. The number of para-hydroxylation sites is 2. The van der Waals surface area contributed by atoms with Crippen LogP contribution in [0.15, 0.2) is 400 Å². The summed E-state index contributed by atoms with van der Waals surface area (Å²) in [4.78, 5) is 4.86. The van der Waals surface area contributed by atoms with E-state index in [2.05, 4.69) is 476 Å². The highest BCUT2D eigenvalue weighted by atomic mass is 28.3. The number of fused-ring (bicyclic) bond motifs is 9. The van der Waals surface area contributed by atoms with Crippen LogP contribution >= 0.6 is 0 Å². The van der Waals surface area contributed by atoms with E-state index < -0.39 is 16.1 Å². The minimum absolute atomic E-state index is 0.191. The van der Waals surface area contributed by atoms with Gasteiger partial charge in [-0.05, 0) is 203 Å². The molecular weight excluding hydrogens is 1390 g/mol. The summed E-state index contributed by atoms with van der Waals surface area (Å²) in [5.74, 6) is 0. The van der Waals surface area contributed by atoms with Gasteiger partial charge in [-0.25, -0.2) is 0 Å². The fourth-order valence-corrected chi connectivity index (χ4v) is 28.7. The Morgan fingerprint density at radius 3 is 0.584 bits per heavy atom. The normalized spacial score (nSPS) is 13.9. The van der Waals surface area contributed by atoms with Crippen molar-refractivity contribution in [3.05, 3.63) is 456 Å². The van der Waals surface area contributed by atoms with E-state index in [-0.39, 0.29) is 16.2 Å². The first-order valence-corrected chi connectivity index (χ1v) is 43.8. The van der Waals surface area contributed by atoms with Crippen LogP contribution in [0.3, 0.4) is 0 Å². The number of anilines is 6. The smallest absolute Gasteiger partial charge is 0.179 e. The minimum Gasteiger partial charge on any atom is -0.310 e. The molecule has 542 valence electrons. The zero-order valence-electron chi connectivity index (χ0n) is 64.8. The molecule has 0 amide bonds. The first kappa shape index (κ1) is 70.4. The predicted octanol–water partition coefficient (Wildman–Crippen LogP) is 22.6. The van der Waals surface area contributed by atoms with Crippen molar-refractivity contribution < 1.29 is 0 Å². The maximum atomic E-state index is 2.45. The van der Waals surface area contributed by atoms with Gasteiger partial charge in [-0.3, -0.25) is 0 Å². The molecule has 3 aliphatic rings. The lowest BCUT2D eigenvalue weighted by atomic mass is 9.81. The topological polar surface area (TPSA) is 6.48 Å². The van der Waals surface area contributed by atoms with Crippen LogP contribution in [0.4, 0.5) is 34.1 Å². The number of rotatable bonds is 18. The fourth-order valence-electron chi connectivity index (χ4n) is 19.2. The summed E-state index contributed by atoms with van der Waals surface area (Å²) in [5, 5.41) is 10.9. The summed E-state index contributed by atoms with van der Waals surface area (Å²) in [7, 11) is -5.43. The van der Waals surface area contributed by atoms with E-state index in [1.165, 1.54) is 131 Å². The number of hydrogen-bond donors (Lipinski definition) is 0. The van der Waals surface area contributed by atoms with Gasteiger partial charge < -0.3 is 9.80 Å². The van der Waals surface area contributed by atoms with Gasteiger partial charge in [0.05, 0.1) is 0 Å². The number of nitrogens with zero attached hydrogens (tertiary/aromatic N) is 2. The van der Waals surface area contributed by atoms with Gasteiger partial charge in [0, 0.05) is 50.4 Å². The Bertz CT molecular complexity index is 5700. The summed E-state index contributed by atoms with van der Waals surface area (Å²) in [5.41, 5.74) is 26.8. The largest absolute Gasteiger partial charge is 0.310 e. The Kier molecular flexibility index (Phi) is 17.7. The fraction of sp³-hybridized carbons (Fsp3) is 0.0826. The molecule has 0 bridgehead atoms. The molecule has 19 rings (SSSR count). The maximum Gasteiger partial charge on any atom is 0.179 e. The average Bonchev–Trinajstić information content (AvgIpc) is 1.72. The van der Waals surface area contributed by atoms with Crippen LogP contribution in [0.1, 0.15) is 97.2 Å². The second-order valence-electron chi connectivity index (χ2n) is 32.4. The van der Waals surface area contributed by atoms with Gasteiger partial charge in [0.25, 0.3) is 0 Å². The molecule has 16 aromatic rings. The summed E-state index contributed by atoms with van der Waals surface area (Å²) in [6.45, 7) is 14.4. The molecule has 0 atom stereocenters. The summed E-state index contributed by atoms with van der Waals surface area (Å²) in [6, 6.07) is 150. The van der Waals surface area contributed by atoms with Crippen LogP contribution in [0, 0.1) is 0 Å². The lowest BCUT2D eigenvalue weighted by Gasteiger charge is -2.35. The lowest BCUT2D eigenvalue weighted by molar-refractivity contribution is 0.660. The third-order valence-corrected chi connectivity index (χ3v) is 34.5. The Labute approximate surface area is 668 Å². The van der Waals surface area contributed by atoms with E-state index >= 15 is 0 Å². The van der Waals surface area contributed by atoms with Crippen molar-refractivity contribution >= 4 is 116 Å². The highest BCUT2D eigenvalue weighted by molar-refractivity contribution is 7.20. The van der Waals surface area contributed by atoms with E-state index in [1.54, 1.807) is 0 Å². The molecular formula is C109H88N2Si2. The maximum absolute atomic E-state index is 2.71. The Morgan fingerprint density at radius 2 is 0.354 bits per heavy atom. The van der Waals surface area contributed by atoms with Crippen molar-refractivity contribution in [2.45, 2.75) is 57.8 Å². The zero-order valence-corrected chi connectivity index (χ0v) is 66.8. The first-order valence-electron chi connectivity index (χ1n) is 39.8. The van der Waals surface area contributed by atoms with Gasteiger partial charge in [-0.2, -0.15) is 0 Å². The van der Waals surface area contributed by atoms with E-state index in [1.807, 2.05) is 0 Å². The molecule has 4 heteroatoms. The van der Waals surface area contributed by atoms with E-state index in [0.29, 0.717) is 0 Å².